The van der Waals surface area contributed by atoms with Crippen molar-refractivity contribution < 1.29 is 59.4 Å². The Labute approximate surface area is 301 Å². The first kappa shape index (κ1) is 65.4. The van der Waals surface area contributed by atoms with Gasteiger partial charge < -0.3 is 30.6 Å². The van der Waals surface area contributed by atoms with Crippen LogP contribution >= 0.6 is 37.9 Å². The Balaban J connectivity index is -0.0000000288. The van der Waals surface area contributed by atoms with Crippen molar-refractivity contribution in [2.24, 2.45) is 0 Å². The topological polar surface area (TPSA) is 224 Å². The Bertz CT molecular complexity index is 503. The Morgan fingerprint density at radius 2 is 0.559 bits per heavy atom. The molecule has 6 N–H and O–H groups in total. The molecule has 3 atom stereocenters. The molecule has 0 rings (SSSR count). The zero-order chi connectivity index (χ0) is 22.3. The minimum atomic E-state index is -1.21. The van der Waals surface area contributed by atoms with Crippen molar-refractivity contribution in [3.05, 3.63) is 0 Å². The zero-order valence-electron chi connectivity index (χ0n) is 19.8. The van der Waals surface area contributed by atoms with Crippen molar-refractivity contribution in [1.29, 1.82) is 0 Å². The Kier molecular flexibility index (Phi) is 76.5. The normalized spacial score (nSPS) is 9.97. The van der Waals surface area contributed by atoms with E-state index in [9.17, 15) is 28.8 Å². The van der Waals surface area contributed by atoms with E-state index in [2.05, 4.69) is 37.9 Å². The molecule has 12 nitrogen and oxygen atoms in total. The third kappa shape index (κ3) is 55.0. The summed E-state index contributed by atoms with van der Waals surface area (Å²) in [5, 5.41) is 45.1. The fourth-order valence-electron chi connectivity index (χ4n) is 0.758. The summed E-state index contributed by atoms with van der Waals surface area (Å²) in [6.07, 6.45) is -1.34. The van der Waals surface area contributed by atoms with Crippen LogP contribution in [0.1, 0.15) is 19.3 Å². The van der Waals surface area contributed by atoms with Gasteiger partial charge in [-0.2, -0.15) is 37.9 Å². The smallest absolute Gasteiger partial charge is 0.316 e. The van der Waals surface area contributed by atoms with Gasteiger partial charge in [-0.1, -0.05) is 0 Å². The molecule has 0 aliphatic carbocycles. The van der Waals surface area contributed by atoms with Crippen molar-refractivity contribution in [2.45, 2.75) is 35.0 Å². The van der Waals surface area contributed by atoms with Gasteiger partial charge in [0.1, 0.15) is 15.7 Å². The molecule has 0 aliphatic rings. The van der Waals surface area contributed by atoms with Crippen LogP contribution in [0.2, 0.25) is 0 Å². The van der Waals surface area contributed by atoms with Crippen LogP contribution in [0.3, 0.4) is 0 Å². The van der Waals surface area contributed by atoms with E-state index in [1.54, 1.807) is 0 Å². The minimum Gasteiger partial charge on any atom is -0.481 e. The number of carboxylic acid groups (broad SMARTS) is 6. The summed E-state index contributed by atoms with van der Waals surface area (Å²) in [7, 11) is 0. The van der Waals surface area contributed by atoms with Gasteiger partial charge in [0.15, 0.2) is 0 Å². The molecule has 34 heavy (non-hydrogen) atoms. The third-order valence-corrected chi connectivity index (χ3v) is 3.17. The number of hydrogen-bond donors (Lipinski definition) is 9. The first-order chi connectivity index (χ1) is 12.1. The van der Waals surface area contributed by atoms with Gasteiger partial charge in [0.05, 0.1) is 19.3 Å². The quantitative estimate of drug-likeness (QED) is 0.0930. The molecule has 3 unspecified atom stereocenters. The summed E-state index contributed by atoms with van der Waals surface area (Å²) >= 11 is 10.5. The first-order valence-electron chi connectivity index (χ1n) is 6.49. The molecule has 0 saturated carbocycles. The zero-order valence-corrected chi connectivity index (χ0v) is 25.0. The van der Waals surface area contributed by atoms with Crippen LogP contribution in [0.25, 0.3) is 0 Å². The van der Waals surface area contributed by atoms with E-state index in [-0.39, 0.29) is 138 Å². The van der Waals surface area contributed by atoms with Crippen LogP contribution < -0.4 is 0 Å². The molecule has 167 valence electrons. The molecule has 0 saturated heterocycles. The maximum atomic E-state index is 9.90. The second-order valence-corrected chi connectivity index (χ2v) is 6.23. The standard InChI is InChI=1S/3C4H6O4S.6Li.Sb/c3*5-3(6)1-2(9)4(7)8;;;;;;;/h3*2,9H,1H2,(H,5,6)(H,7,8);;;;;;;. The first-order valence-corrected chi connectivity index (χ1v) is 8.04. The maximum absolute atomic E-state index is 9.90. The number of carboxylic acids is 6. The van der Waals surface area contributed by atoms with Gasteiger partial charge in [-0.3, -0.25) is 28.8 Å². The fraction of sp³-hybridized carbons (Fsp3) is 0.500. The van der Waals surface area contributed by atoms with E-state index in [1.165, 1.54) is 0 Å². The minimum absolute atomic E-state index is 0. The predicted octanol–water partition coefficient (Wildman–Crippen LogP) is -3.13. The summed E-state index contributed by atoms with van der Waals surface area (Å²) in [5.74, 6) is -7.09. The molecular weight excluding hydrogens is 596 g/mol. The molecule has 9 radical (unpaired) electrons. The average molecular weight is 614 g/mol. The molecular formula is C12H18Li6O12S3Sb. The number of thiol groups is 3. The van der Waals surface area contributed by atoms with Crippen LogP contribution in [0.15, 0.2) is 0 Å². The molecule has 22 heteroatoms. The van der Waals surface area contributed by atoms with Gasteiger partial charge in [0.2, 0.25) is 0 Å². The van der Waals surface area contributed by atoms with E-state index in [4.69, 9.17) is 30.6 Å². The van der Waals surface area contributed by atoms with Crippen molar-refractivity contribution in [3.63, 3.8) is 0 Å². The van der Waals surface area contributed by atoms with E-state index < -0.39 is 70.8 Å². The van der Waals surface area contributed by atoms with Gasteiger partial charge in [0.25, 0.3) is 0 Å². The van der Waals surface area contributed by atoms with Crippen molar-refractivity contribution in [2.75, 3.05) is 0 Å². The molecule has 0 heterocycles. The van der Waals surface area contributed by atoms with E-state index in [0.29, 0.717) is 0 Å². The van der Waals surface area contributed by atoms with Gasteiger partial charge in [-0.15, -0.1) is 0 Å². The van der Waals surface area contributed by atoms with Crippen LogP contribution in [-0.4, -0.2) is 220 Å². The van der Waals surface area contributed by atoms with E-state index in [0.717, 1.165) is 0 Å². The number of rotatable bonds is 9. The van der Waals surface area contributed by atoms with Gasteiger partial charge >= 0.3 is 35.8 Å². The Morgan fingerprint density at radius 1 is 0.441 bits per heavy atom. The summed E-state index contributed by atoms with van der Waals surface area (Å²) < 4.78 is 0. The third-order valence-electron chi connectivity index (χ3n) is 1.96. The molecule has 0 spiro atoms. The molecule has 0 aliphatic heterocycles. The van der Waals surface area contributed by atoms with Crippen molar-refractivity contribution in [1.82, 2.24) is 0 Å². The Morgan fingerprint density at radius 3 is 0.588 bits per heavy atom. The second kappa shape index (κ2) is 39.8. The van der Waals surface area contributed by atoms with Crippen LogP contribution in [0.4, 0.5) is 0 Å². The summed E-state index contributed by atoms with van der Waals surface area (Å²) in [6, 6.07) is 0. The van der Waals surface area contributed by atoms with Crippen LogP contribution in [0.5, 0.6) is 0 Å². The molecule has 0 aromatic heterocycles. The number of aliphatic carboxylic acids is 6. The Hall–Kier alpha value is 2.27. The van der Waals surface area contributed by atoms with E-state index in [1.807, 2.05) is 0 Å². The summed E-state index contributed by atoms with van der Waals surface area (Å²) in [4.78, 5) is 59.1. The van der Waals surface area contributed by atoms with Gasteiger partial charge in [-0.05, 0) is 0 Å². The largest absolute Gasteiger partial charge is 0.481 e. The van der Waals surface area contributed by atoms with Crippen molar-refractivity contribution in [3.8, 4) is 0 Å². The molecule has 0 aromatic carbocycles. The SMILES string of the molecule is O=C(O)CC(S)C(=O)O.O=C(O)CC(S)C(=O)O.O=C(O)CC(S)C(=O)O.[Li].[Li].[Li].[Li].[Li].[Li].[Sb]. The van der Waals surface area contributed by atoms with Crippen molar-refractivity contribution >= 4 is 211 Å². The van der Waals surface area contributed by atoms with Crippen LogP contribution in [0, 0.1) is 0 Å². The van der Waals surface area contributed by atoms with Gasteiger partial charge in [-0.25, -0.2) is 0 Å². The second-order valence-electron chi connectivity index (χ2n) is 4.36. The molecule has 0 amide bonds. The number of carbonyl (C=O) groups is 6. The van der Waals surface area contributed by atoms with E-state index >= 15 is 0 Å². The monoisotopic (exact) mass is 613 g/mol. The van der Waals surface area contributed by atoms with Gasteiger partial charge in [0, 0.05) is 138 Å². The van der Waals surface area contributed by atoms with Crippen LogP contribution in [-0.2, 0) is 28.8 Å². The number of hydrogen-bond acceptors (Lipinski definition) is 9. The summed E-state index contributed by atoms with van der Waals surface area (Å²) in [5.41, 5.74) is 0. The summed E-state index contributed by atoms with van der Waals surface area (Å²) in [6.45, 7) is 0. The molecule has 0 aromatic rings. The predicted molar refractivity (Wildman–Crippen MR) is 138 cm³/mol. The fourth-order valence-corrected chi connectivity index (χ4v) is 1.23. The molecule has 0 bridgehead atoms. The maximum Gasteiger partial charge on any atom is 0.316 e. The molecule has 0 fully saturated rings. The average Bonchev–Trinajstić information content (AvgIpc) is 2.46.